The zero-order chi connectivity index (χ0) is 20.5. The van der Waals surface area contributed by atoms with Crippen molar-refractivity contribution in [1.29, 1.82) is 0 Å². The lowest BCUT2D eigenvalue weighted by atomic mass is 10.1. The Morgan fingerprint density at radius 1 is 1.19 bits per heavy atom. The summed E-state index contributed by atoms with van der Waals surface area (Å²) in [5, 5.41) is 13.5. The molecule has 2 rings (SSSR count). The number of likely N-dealkylation sites (N-methyl/N-ethyl adjacent to an activating group) is 1. The van der Waals surface area contributed by atoms with E-state index in [4.69, 9.17) is 0 Å². The molecule has 0 aliphatic carbocycles. The number of carbonyl (C=O) groups excluding carboxylic acids is 4. The van der Waals surface area contributed by atoms with Gasteiger partial charge in [-0.2, -0.15) is 0 Å². The first-order valence-corrected chi connectivity index (χ1v) is 8.10. The lowest BCUT2D eigenvalue weighted by Crippen LogP contribution is -2.48. The van der Waals surface area contributed by atoms with Crippen molar-refractivity contribution in [2.45, 2.75) is 26.3 Å². The third-order valence-electron chi connectivity index (χ3n) is 3.78. The minimum atomic E-state index is -0.778. The van der Waals surface area contributed by atoms with Gasteiger partial charge in [0.15, 0.2) is 0 Å². The molecule has 10 nitrogen and oxygen atoms in total. The van der Waals surface area contributed by atoms with Gasteiger partial charge in [-0.15, -0.1) is 0 Å². The summed E-state index contributed by atoms with van der Waals surface area (Å²) >= 11 is 0. The van der Waals surface area contributed by atoms with Gasteiger partial charge in [0, 0.05) is 24.7 Å². The van der Waals surface area contributed by atoms with Crippen LogP contribution in [-0.2, 0) is 9.59 Å². The Morgan fingerprint density at radius 3 is 2.33 bits per heavy atom. The quantitative estimate of drug-likeness (QED) is 0.454. The van der Waals surface area contributed by atoms with Crippen molar-refractivity contribution in [2.75, 3.05) is 20.1 Å². The van der Waals surface area contributed by atoms with Crippen LogP contribution in [0.25, 0.3) is 0 Å². The van der Waals surface area contributed by atoms with E-state index < -0.39 is 34.7 Å². The summed E-state index contributed by atoms with van der Waals surface area (Å²) in [5.74, 6) is -2.47. The van der Waals surface area contributed by atoms with Crippen LogP contribution in [0.2, 0.25) is 0 Å². The number of imide groups is 1. The molecule has 0 bridgehead atoms. The predicted octanol–water partition coefficient (Wildman–Crippen LogP) is 0.564. The molecule has 1 heterocycles. The van der Waals surface area contributed by atoms with Crippen molar-refractivity contribution in [3.63, 3.8) is 0 Å². The Kier molecular flexibility index (Phi) is 5.29. The molecule has 1 N–H and O–H groups in total. The van der Waals surface area contributed by atoms with E-state index in [0.29, 0.717) is 0 Å². The molecule has 0 radical (unpaired) electrons. The van der Waals surface area contributed by atoms with Crippen molar-refractivity contribution in [1.82, 2.24) is 15.1 Å². The van der Waals surface area contributed by atoms with Gasteiger partial charge in [-0.25, -0.2) is 0 Å². The predicted molar refractivity (Wildman–Crippen MR) is 94.0 cm³/mol. The van der Waals surface area contributed by atoms with E-state index >= 15 is 0 Å². The average Bonchev–Trinajstić information content (AvgIpc) is 2.77. The van der Waals surface area contributed by atoms with Crippen LogP contribution in [0.4, 0.5) is 5.69 Å². The number of rotatable bonds is 5. The van der Waals surface area contributed by atoms with E-state index in [9.17, 15) is 29.3 Å². The molecule has 27 heavy (non-hydrogen) atoms. The highest BCUT2D eigenvalue weighted by molar-refractivity contribution is 6.22. The largest absolute Gasteiger partial charge is 0.350 e. The van der Waals surface area contributed by atoms with E-state index in [0.717, 1.165) is 21.9 Å². The second kappa shape index (κ2) is 7.14. The zero-order valence-corrected chi connectivity index (χ0v) is 15.4. The fourth-order valence-corrected chi connectivity index (χ4v) is 2.55. The number of fused-ring (bicyclic) bond motifs is 1. The first-order valence-electron chi connectivity index (χ1n) is 8.10. The fraction of sp³-hybridized carbons (Fsp3) is 0.412. The number of carbonyl (C=O) groups is 4. The Bertz CT molecular complexity index is 842. The topological polar surface area (TPSA) is 130 Å². The number of non-ortho nitro benzene ring substituents is 1. The van der Waals surface area contributed by atoms with Crippen LogP contribution in [0.15, 0.2) is 18.2 Å². The molecule has 144 valence electrons. The molecule has 4 amide bonds. The van der Waals surface area contributed by atoms with Crippen LogP contribution >= 0.6 is 0 Å². The minimum Gasteiger partial charge on any atom is -0.350 e. The molecule has 0 aromatic heterocycles. The summed E-state index contributed by atoms with van der Waals surface area (Å²) in [7, 11) is 1.38. The summed E-state index contributed by atoms with van der Waals surface area (Å²) in [6.45, 7) is 4.60. The number of nitro benzene ring substituents is 1. The maximum atomic E-state index is 12.4. The molecule has 0 unspecified atom stereocenters. The molecular formula is C17H20N4O6. The maximum absolute atomic E-state index is 12.4. The van der Waals surface area contributed by atoms with Gasteiger partial charge >= 0.3 is 0 Å². The molecule has 0 fully saturated rings. The van der Waals surface area contributed by atoms with Crippen LogP contribution in [-0.4, -0.2) is 64.0 Å². The van der Waals surface area contributed by atoms with Gasteiger partial charge in [-0.05, 0) is 26.8 Å². The van der Waals surface area contributed by atoms with Gasteiger partial charge in [0.1, 0.15) is 6.54 Å². The number of hydrogen-bond donors (Lipinski definition) is 1. The number of benzene rings is 1. The normalized spacial score (nSPS) is 13.4. The van der Waals surface area contributed by atoms with Crippen molar-refractivity contribution in [2.24, 2.45) is 0 Å². The number of nitrogens with zero attached hydrogens (tertiary/aromatic N) is 3. The van der Waals surface area contributed by atoms with Crippen LogP contribution in [0, 0.1) is 10.1 Å². The number of amides is 4. The molecule has 0 saturated heterocycles. The summed E-state index contributed by atoms with van der Waals surface area (Å²) in [4.78, 5) is 60.9. The average molecular weight is 376 g/mol. The SMILES string of the molecule is CN(CC(=O)NC(C)(C)C)C(=O)CN1C(=O)c2ccc([N+](=O)[O-])cc2C1=O. The highest BCUT2D eigenvalue weighted by Crippen LogP contribution is 2.26. The minimum absolute atomic E-state index is 0.00605. The highest BCUT2D eigenvalue weighted by Gasteiger charge is 2.38. The lowest BCUT2D eigenvalue weighted by Gasteiger charge is -2.24. The summed E-state index contributed by atoms with van der Waals surface area (Å²) in [6, 6.07) is 3.33. The van der Waals surface area contributed by atoms with Gasteiger partial charge in [0.05, 0.1) is 22.6 Å². The third-order valence-corrected chi connectivity index (χ3v) is 3.78. The Morgan fingerprint density at radius 2 is 1.78 bits per heavy atom. The second-order valence-corrected chi connectivity index (χ2v) is 7.23. The zero-order valence-electron chi connectivity index (χ0n) is 15.4. The van der Waals surface area contributed by atoms with Crippen LogP contribution in [0.5, 0.6) is 0 Å². The van der Waals surface area contributed by atoms with Gasteiger partial charge < -0.3 is 10.2 Å². The second-order valence-electron chi connectivity index (χ2n) is 7.23. The number of nitrogens with one attached hydrogen (secondary N) is 1. The van der Waals surface area contributed by atoms with Crippen molar-refractivity contribution in [3.8, 4) is 0 Å². The highest BCUT2D eigenvalue weighted by atomic mass is 16.6. The molecule has 0 atom stereocenters. The molecule has 1 aromatic carbocycles. The van der Waals surface area contributed by atoms with Crippen molar-refractivity contribution in [3.05, 3.63) is 39.4 Å². The van der Waals surface area contributed by atoms with E-state index in [1.807, 2.05) is 0 Å². The monoisotopic (exact) mass is 376 g/mol. The van der Waals surface area contributed by atoms with E-state index in [1.165, 1.54) is 13.1 Å². The van der Waals surface area contributed by atoms with Crippen LogP contribution in [0.1, 0.15) is 41.5 Å². The molecule has 1 aliphatic heterocycles. The molecular weight excluding hydrogens is 356 g/mol. The summed E-state index contributed by atoms with van der Waals surface area (Å²) in [5.41, 5.74) is -0.890. The number of hydrogen-bond acceptors (Lipinski definition) is 6. The van der Waals surface area contributed by atoms with Gasteiger partial charge in [-0.1, -0.05) is 0 Å². The molecule has 10 heteroatoms. The number of nitro groups is 1. The van der Waals surface area contributed by atoms with E-state index in [-0.39, 0.29) is 29.3 Å². The smallest absolute Gasteiger partial charge is 0.270 e. The van der Waals surface area contributed by atoms with E-state index in [2.05, 4.69) is 5.32 Å². The van der Waals surface area contributed by atoms with Gasteiger partial charge in [0.25, 0.3) is 17.5 Å². The summed E-state index contributed by atoms with van der Waals surface area (Å²) in [6.07, 6.45) is 0. The molecule has 0 spiro atoms. The van der Waals surface area contributed by atoms with Gasteiger partial charge in [0.2, 0.25) is 11.8 Å². The maximum Gasteiger partial charge on any atom is 0.270 e. The fourth-order valence-electron chi connectivity index (χ4n) is 2.55. The molecule has 1 aliphatic rings. The first-order chi connectivity index (χ1) is 12.4. The third kappa shape index (κ3) is 4.46. The Balaban J connectivity index is 2.08. The molecule has 1 aromatic rings. The van der Waals surface area contributed by atoms with Crippen LogP contribution in [0.3, 0.4) is 0 Å². The van der Waals surface area contributed by atoms with Gasteiger partial charge in [-0.3, -0.25) is 34.2 Å². The van der Waals surface area contributed by atoms with Crippen molar-refractivity contribution >= 4 is 29.3 Å². The van der Waals surface area contributed by atoms with E-state index in [1.54, 1.807) is 20.8 Å². The Labute approximate surface area is 155 Å². The standard InChI is InChI=1S/C17H20N4O6/c1-17(2,3)18-13(22)8-19(4)14(23)9-20-15(24)11-6-5-10(21(26)27)7-12(11)16(20)25/h5-7H,8-9H2,1-4H3,(H,18,22). The Hall–Kier alpha value is -3.30. The van der Waals surface area contributed by atoms with Crippen molar-refractivity contribution < 1.29 is 24.1 Å². The molecule has 0 saturated carbocycles. The lowest BCUT2D eigenvalue weighted by molar-refractivity contribution is -0.384. The first kappa shape index (κ1) is 20.0. The summed E-state index contributed by atoms with van der Waals surface area (Å²) < 4.78 is 0. The van der Waals surface area contributed by atoms with Crippen LogP contribution < -0.4 is 5.32 Å².